The molecule has 278 valence electrons. The first kappa shape index (κ1) is 34.3. The van der Waals surface area contributed by atoms with Crippen molar-refractivity contribution in [2.75, 3.05) is 0 Å². The molecule has 4 nitrogen and oxygen atoms in total. The van der Waals surface area contributed by atoms with Crippen LogP contribution < -0.4 is 30.2 Å². The van der Waals surface area contributed by atoms with Gasteiger partial charge in [0, 0.05) is 11.1 Å². The molecule has 0 unspecified atom stereocenters. The number of hydrogen-bond acceptors (Lipinski definition) is 4. The maximum absolute atomic E-state index is 7.33. The minimum absolute atomic E-state index is 0.162. The minimum atomic E-state index is -2.95. The van der Waals surface area contributed by atoms with Crippen LogP contribution in [-0.4, -0.2) is 17.5 Å². The summed E-state index contributed by atoms with van der Waals surface area (Å²) in [5, 5.41) is 5.00. The number of benzene rings is 7. The summed E-state index contributed by atoms with van der Waals surface area (Å²) >= 11 is 1.78. The van der Waals surface area contributed by atoms with E-state index in [1.165, 1.54) is 58.8 Å². The zero-order chi connectivity index (χ0) is 38.8. The van der Waals surface area contributed by atoms with E-state index in [0.717, 1.165) is 44.6 Å². The number of imidazole rings is 1. The van der Waals surface area contributed by atoms with Crippen LogP contribution in [0.1, 0.15) is 52.7 Å². The van der Waals surface area contributed by atoms with E-state index >= 15 is 0 Å². The van der Waals surface area contributed by atoms with E-state index < -0.39 is 8.07 Å². The van der Waals surface area contributed by atoms with Crippen LogP contribution >= 0.6 is 11.3 Å². The van der Waals surface area contributed by atoms with Gasteiger partial charge < -0.3 is 9.47 Å². The summed E-state index contributed by atoms with van der Waals surface area (Å²) < 4.78 is 17.6. The fourth-order valence-corrected chi connectivity index (χ4v) is 16.1. The normalized spacial score (nSPS) is 14.2. The number of aromatic nitrogens is 2. The van der Waals surface area contributed by atoms with E-state index in [9.17, 15) is 0 Å². The van der Waals surface area contributed by atoms with Crippen LogP contribution in [0.15, 0.2) is 146 Å². The van der Waals surface area contributed by atoms with Crippen LogP contribution in [0.5, 0.6) is 23.0 Å². The highest BCUT2D eigenvalue weighted by Gasteiger charge is 2.53. The molecule has 6 heteroatoms. The van der Waals surface area contributed by atoms with Crippen molar-refractivity contribution in [3.8, 4) is 45.3 Å². The lowest BCUT2D eigenvalue weighted by atomic mass is 9.71. The molecule has 2 aromatic heterocycles. The molecule has 2 aliphatic heterocycles. The smallest absolute Gasteiger partial charge is 0.196 e. The molecule has 7 aromatic carbocycles. The number of thiazole rings is 1. The molecule has 2 aliphatic rings. The molecule has 0 bridgehead atoms. The first-order valence-corrected chi connectivity index (χ1v) is 22.6. The Balaban J connectivity index is 1.25. The van der Waals surface area contributed by atoms with Gasteiger partial charge in [-0.3, -0.25) is 4.40 Å². The predicted molar refractivity (Wildman–Crippen MR) is 240 cm³/mol. The van der Waals surface area contributed by atoms with Crippen molar-refractivity contribution in [3.63, 3.8) is 0 Å². The molecule has 0 aliphatic carbocycles. The lowest BCUT2D eigenvalue weighted by molar-refractivity contribution is 0.482. The Morgan fingerprint density at radius 1 is 0.509 bits per heavy atom. The van der Waals surface area contributed by atoms with Crippen LogP contribution in [0.4, 0.5) is 0 Å². The van der Waals surface area contributed by atoms with E-state index in [0.29, 0.717) is 0 Å². The lowest BCUT2D eigenvalue weighted by Gasteiger charge is -2.43. The van der Waals surface area contributed by atoms with Gasteiger partial charge in [-0.1, -0.05) is 162 Å². The highest BCUT2D eigenvalue weighted by Crippen LogP contribution is 2.51. The average molecular weight is 775 g/mol. The van der Waals surface area contributed by atoms with Gasteiger partial charge >= 0.3 is 0 Å². The van der Waals surface area contributed by atoms with Gasteiger partial charge in [0.05, 0.1) is 21.3 Å². The van der Waals surface area contributed by atoms with Crippen molar-refractivity contribution < 1.29 is 9.47 Å². The van der Waals surface area contributed by atoms with Crippen molar-refractivity contribution in [3.05, 3.63) is 157 Å². The first-order valence-electron chi connectivity index (χ1n) is 19.8. The number of hydrogen-bond donors (Lipinski definition) is 0. The third-order valence-corrected chi connectivity index (χ3v) is 18.0. The van der Waals surface area contributed by atoms with Gasteiger partial charge in [-0.2, -0.15) is 0 Å². The molecule has 0 saturated heterocycles. The third-order valence-electron chi connectivity index (χ3n) is 12.0. The van der Waals surface area contributed by atoms with Gasteiger partial charge in [-0.25, -0.2) is 4.98 Å². The van der Waals surface area contributed by atoms with Gasteiger partial charge in [0.15, 0.2) is 13.0 Å². The molecule has 0 atom stereocenters. The molecule has 1 spiro atoms. The molecule has 57 heavy (non-hydrogen) atoms. The summed E-state index contributed by atoms with van der Waals surface area (Å²) in [4.78, 5) is 6.08. The molecule has 4 heterocycles. The summed E-state index contributed by atoms with van der Waals surface area (Å²) in [6.45, 7) is 14.1. The van der Waals surface area contributed by atoms with Crippen molar-refractivity contribution in [2.24, 2.45) is 0 Å². The quantitative estimate of drug-likeness (QED) is 0.164. The van der Waals surface area contributed by atoms with Gasteiger partial charge in [0.2, 0.25) is 0 Å². The first-order chi connectivity index (χ1) is 27.5. The average Bonchev–Trinajstić information content (AvgIpc) is 3.76. The molecule has 11 rings (SSSR count). The molecule has 0 fully saturated rings. The maximum Gasteiger partial charge on any atom is 0.196 e. The number of rotatable bonds is 2. The second-order valence-electron chi connectivity index (χ2n) is 17.5. The number of ether oxygens (including phenoxy) is 2. The SMILES string of the molecule is CC(C)(C)c1ccc(-c2cccc3c2sc2nc4ccccc4n23)c(C(C)(C)C)c1-c1cccc2c1Oc1ccccc1[Si]21c2ccccc2Oc2ccccc21. The van der Waals surface area contributed by atoms with E-state index in [2.05, 4.69) is 192 Å². The van der Waals surface area contributed by atoms with E-state index in [1.807, 2.05) is 0 Å². The van der Waals surface area contributed by atoms with Crippen molar-refractivity contribution in [1.82, 2.24) is 9.38 Å². The largest absolute Gasteiger partial charge is 0.458 e. The van der Waals surface area contributed by atoms with Crippen LogP contribution in [0.2, 0.25) is 0 Å². The zero-order valence-electron chi connectivity index (χ0n) is 33.0. The zero-order valence-corrected chi connectivity index (χ0v) is 34.8. The van der Waals surface area contributed by atoms with Gasteiger partial charge in [-0.15, -0.1) is 0 Å². The molecule has 0 amide bonds. The third kappa shape index (κ3) is 4.81. The van der Waals surface area contributed by atoms with Crippen LogP contribution in [0.3, 0.4) is 0 Å². The monoisotopic (exact) mass is 774 g/mol. The molecule has 0 saturated carbocycles. The molecule has 0 N–H and O–H groups in total. The standard InChI is InChI=1S/C51H42N2O2SSi/c1-50(2,3)34-30-29-31(32-17-15-21-37-48(32)56-49-52-35-19-7-8-20-36(35)53(37)49)46(51(4,5)6)45(34)33-18-16-28-44-47(33)55-40-24-11-14-27-43(40)57(44)41-25-12-9-22-38(41)54-39-23-10-13-26-42(39)57/h7-30H,1-6H3. The molecular formula is C51H42N2O2SSi. The number of nitrogens with zero attached hydrogens (tertiary/aromatic N) is 2. The summed E-state index contributed by atoms with van der Waals surface area (Å²) in [6, 6.07) is 52.9. The second-order valence-corrected chi connectivity index (χ2v) is 22.1. The minimum Gasteiger partial charge on any atom is -0.458 e. The maximum atomic E-state index is 7.33. The van der Waals surface area contributed by atoms with Crippen LogP contribution in [0, 0.1) is 0 Å². The van der Waals surface area contributed by atoms with E-state index in [4.69, 9.17) is 14.5 Å². The van der Waals surface area contributed by atoms with Crippen molar-refractivity contribution in [1.29, 1.82) is 0 Å². The van der Waals surface area contributed by atoms with E-state index in [1.54, 1.807) is 11.3 Å². The molecule has 9 aromatic rings. The Labute approximate surface area is 338 Å². The van der Waals surface area contributed by atoms with Crippen LogP contribution in [-0.2, 0) is 10.8 Å². The second kappa shape index (κ2) is 12.0. The van der Waals surface area contributed by atoms with Crippen molar-refractivity contribution >= 4 is 66.4 Å². The topological polar surface area (TPSA) is 35.8 Å². The molecule has 0 radical (unpaired) electrons. The Morgan fingerprint density at radius 2 is 1.07 bits per heavy atom. The van der Waals surface area contributed by atoms with Crippen molar-refractivity contribution in [2.45, 2.75) is 52.4 Å². The summed E-state index contributed by atoms with van der Waals surface area (Å²) in [7, 11) is -2.95. The van der Waals surface area contributed by atoms with Gasteiger partial charge in [-0.05, 0) is 90.2 Å². The lowest BCUT2D eigenvalue weighted by Crippen LogP contribution is -2.77. The van der Waals surface area contributed by atoms with E-state index in [-0.39, 0.29) is 10.8 Å². The summed E-state index contributed by atoms with van der Waals surface area (Å²) in [5.41, 5.74) is 10.4. The Bertz CT molecular complexity index is 3060. The Morgan fingerprint density at radius 3 is 1.74 bits per heavy atom. The highest BCUT2D eigenvalue weighted by molar-refractivity contribution is 7.24. The fraction of sp³-hybridized carbons (Fsp3) is 0.157. The summed E-state index contributed by atoms with van der Waals surface area (Å²) in [6.07, 6.45) is 0. The van der Waals surface area contributed by atoms with Crippen LogP contribution in [0.25, 0.3) is 48.5 Å². The van der Waals surface area contributed by atoms with Gasteiger partial charge in [0.1, 0.15) is 23.0 Å². The number of para-hydroxylation sites is 6. The Hall–Kier alpha value is -5.95. The highest BCUT2D eigenvalue weighted by atomic mass is 32.1. The predicted octanol–water partition coefficient (Wildman–Crippen LogP) is 11.2. The Kier molecular flexibility index (Phi) is 7.24. The summed E-state index contributed by atoms with van der Waals surface area (Å²) in [5.74, 6) is 3.71. The fourth-order valence-electron chi connectivity index (χ4n) is 9.76. The number of fused-ring (bicyclic) bond motifs is 13. The van der Waals surface area contributed by atoms with Gasteiger partial charge in [0.25, 0.3) is 0 Å². The molecular weight excluding hydrogens is 733 g/mol.